The van der Waals surface area contributed by atoms with Gasteiger partial charge in [0.15, 0.2) is 0 Å². The molecule has 0 atom stereocenters. The van der Waals surface area contributed by atoms with Crippen LogP contribution in [0.3, 0.4) is 0 Å². The Labute approximate surface area is 120 Å². The molecule has 6 nitrogen and oxygen atoms in total. The van der Waals surface area contributed by atoms with Gasteiger partial charge in [-0.15, -0.1) is 0 Å². The van der Waals surface area contributed by atoms with Gasteiger partial charge in [0.1, 0.15) is 6.26 Å². The van der Waals surface area contributed by atoms with Gasteiger partial charge in [0.25, 0.3) is 0 Å². The second-order valence-corrected chi connectivity index (χ2v) is 5.77. The molecule has 0 bridgehead atoms. The van der Waals surface area contributed by atoms with E-state index >= 15 is 0 Å². The van der Waals surface area contributed by atoms with Gasteiger partial charge in [-0.25, -0.2) is 4.98 Å². The lowest BCUT2D eigenvalue weighted by Gasteiger charge is -2.25. The van der Waals surface area contributed by atoms with Crippen LogP contribution in [0.5, 0.6) is 0 Å². The zero-order valence-electron chi connectivity index (χ0n) is 13.2. The zero-order valence-corrected chi connectivity index (χ0v) is 13.2. The third kappa shape index (κ3) is 10.1. The Morgan fingerprint density at radius 1 is 1.35 bits per heavy atom. The van der Waals surface area contributed by atoms with E-state index in [4.69, 9.17) is 4.42 Å². The topological polar surface area (TPSA) is 75.4 Å². The second-order valence-electron chi connectivity index (χ2n) is 5.77. The third-order valence-corrected chi connectivity index (χ3v) is 2.22. The number of hydrogen-bond acceptors (Lipinski definition) is 4. The first-order valence-corrected chi connectivity index (χ1v) is 6.46. The van der Waals surface area contributed by atoms with Crippen LogP contribution in [-0.2, 0) is 16.1 Å². The van der Waals surface area contributed by atoms with Crippen LogP contribution >= 0.6 is 0 Å². The lowest BCUT2D eigenvalue weighted by Crippen LogP contribution is -2.32. The van der Waals surface area contributed by atoms with E-state index in [1.807, 2.05) is 7.05 Å². The molecule has 1 rings (SSSR count). The molecule has 1 aromatic rings. The highest BCUT2D eigenvalue weighted by molar-refractivity contribution is 5.73. The van der Waals surface area contributed by atoms with Crippen LogP contribution < -0.4 is 5.32 Å². The molecule has 0 unspecified atom stereocenters. The molecule has 0 saturated heterocycles. The zero-order chi connectivity index (χ0) is 15.8. The number of aromatic nitrogens is 1. The minimum absolute atomic E-state index is 0.0850. The molecule has 0 aromatic carbocycles. The van der Waals surface area contributed by atoms with Gasteiger partial charge in [0.2, 0.25) is 17.7 Å². The lowest BCUT2D eigenvalue weighted by molar-refractivity contribution is -0.128. The monoisotopic (exact) mass is 283 g/mol. The van der Waals surface area contributed by atoms with Crippen molar-refractivity contribution in [2.45, 2.75) is 41.2 Å². The Morgan fingerprint density at radius 3 is 2.25 bits per heavy atom. The number of oxazole rings is 1. The first-order valence-electron chi connectivity index (χ1n) is 6.46. The van der Waals surface area contributed by atoms with Crippen molar-refractivity contribution in [2.75, 3.05) is 13.6 Å². The van der Waals surface area contributed by atoms with Crippen LogP contribution in [0, 0.1) is 5.41 Å². The summed E-state index contributed by atoms with van der Waals surface area (Å²) >= 11 is 0. The highest BCUT2D eigenvalue weighted by Crippen LogP contribution is 2.13. The molecule has 114 valence electrons. The molecule has 20 heavy (non-hydrogen) atoms. The Kier molecular flexibility index (Phi) is 7.57. The summed E-state index contributed by atoms with van der Waals surface area (Å²) in [6.07, 6.45) is 3.01. The minimum atomic E-state index is -0.0850. The molecule has 0 aliphatic rings. The Hall–Kier alpha value is -1.85. The fourth-order valence-electron chi connectivity index (χ4n) is 1.36. The maximum atomic E-state index is 10.7. The molecule has 6 heteroatoms. The second kappa shape index (κ2) is 8.35. The van der Waals surface area contributed by atoms with E-state index in [9.17, 15) is 9.59 Å². The van der Waals surface area contributed by atoms with E-state index in [0.29, 0.717) is 12.4 Å². The van der Waals surface area contributed by atoms with Gasteiger partial charge in [-0.2, -0.15) is 0 Å². The van der Waals surface area contributed by atoms with Crippen LogP contribution in [0.15, 0.2) is 16.9 Å². The summed E-state index contributed by atoms with van der Waals surface area (Å²) in [6.45, 7) is 10.6. The van der Waals surface area contributed by atoms with Crippen molar-refractivity contribution in [3.8, 4) is 0 Å². The van der Waals surface area contributed by atoms with Crippen molar-refractivity contribution in [3.63, 3.8) is 0 Å². The predicted molar refractivity (Wildman–Crippen MR) is 76.8 cm³/mol. The summed E-state index contributed by atoms with van der Waals surface area (Å²) in [4.78, 5) is 26.6. The quantitative estimate of drug-likeness (QED) is 0.918. The van der Waals surface area contributed by atoms with Crippen LogP contribution in [-0.4, -0.2) is 35.3 Å². The molecule has 1 aromatic heterocycles. The maximum Gasteiger partial charge on any atom is 0.219 e. The molecular formula is C14H25N3O3. The van der Waals surface area contributed by atoms with Crippen molar-refractivity contribution < 1.29 is 14.0 Å². The number of hydrogen-bond donors (Lipinski definition) is 1. The largest absolute Gasteiger partial charge is 0.447 e. The number of carbonyl (C=O) groups excluding carboxylic acids is 2. The van der Waals surface area contributed by atoms with Gasteiger partial charge in [0, 0.05) is 27.4 Å². The molecule has 0 spiro atoms. The Balaban J connectivity index is 0.000000361. The molecule has 0 aliphatic carbocycles. The van der Waals surface area contributed by atoms with Crippen molar-refractivity contribution in [2.24, 2.45) is 5.41 Å². The van der Waals surface area contributed by atoms with Crippen LogP contribution in [0.1, 0.15) is 40.5 Å². The normalized spacial score (nSPS) is 10.3. The summed E-state index contributed by atoms with van der Waals surface area (Å²) in [5.41, 5.74) is 0.209. The van der Waals surface area contributed by atoms with E-state index < -0.39 is 0 Å². The highest BCUT2D eigenvalue weighted by Gasteiger charge is 2.14. The molecule has 2 amide bonds. The summed E-state index contributed by atoms with van der Waals surface area (Å²) in [5.74, 6) is 0.573. The minimum Gasteiger partial charge on any atom is -0.447 e. The molecular weight excluding hydrogens is 258 g/mol. The van der Waals surface area contributed by atoms with E-state index in [0.717, 1.165) is 6.54 Å². The molecule has 1 N–H and O–H groups in total. The SMILES string of the molecule is CC(=O)N(C)CC(C)(C)C.CC(=O)NCc1ncco1. The van der Waals surface area contributed by atoms with Crippen LogP contribution in [0.2, 0.25) is 0 Å². The molecule has 0 saturated carbocycles. The lowest BCUT2D eigenvalue weighted by atomic mass is 9.96. The van der Waals surface area contributed by atoms with Gasteiger partial charge in [-0.05, 0) is 5.41 Å². The van der Waals surface area contributed by atoms with Gasteiger partial charge < -0.3 is 14.6 Å². The molecule has 0 radical (unpaired) electrons. The Morgan fingerprint density at radius 2 is 1.95 bits per heavy atom. The molecule has 0 fully saturated rings. The van der Waals surface area contributed by atoms with E-state index in [-0.39, 0.29) is 17.2 Å². The molecule has 1 heterocycles. The Bertz CT molecular complexity index is 408. The van der Waals surface area contributed by atoms with E-state index in [2.05, 4.69) is 31.1 Å². The van der Waals surface area contributed by atoms with Crippen LogP contribution in [0.25, 0.3) is 0 Å². The number of carbonyl (C=O) groups is 2. The van der Waals surface area contributed by atoms with E-state index in [1.165, 1.54) is 19.4 Å². The summed E-state index contributed by atoms with van der Waals surface area (Å²) in [6, 6.07) is 0. The summed E-state index contributed by atoms with van der Waals surface area (Å²) in [7, 11) is 1.83. The van der Waals surface area contributed by atoms with Crippen molar-refractivity contribution >= 4 is 11.8 Å². The van der Waals surface area contributed by atoms with Gasteiger partial charge in [0.05, 0.1) is 12.7 Å². The smallest absolute Gasteiger partial charge is 0.219 e. The number of nitrogens with zero attached hydrogens (tertiary/aromatic N) is 2. The standard InChI is InChI=1S/C8H17NO.C6H8N2O2/c1-7(10)9(5)6-8(2,3)4;1-5(9)8-4-6-7-2-3-10-6/h6H2,1-5H3;2-3H,4H2,1H3,(H,8,9). The average molecular weight is 283 g/mol. The highest BCUT2D eigenvalue weighted by atomic mass is 16.3. The number of nitrogens with one attached hydrogen (secondary N) is 1. The number of rotatable bonds is 3. The van der Waals surface area contributed by atoms with Gasteiger partial charge in [-0.3, -0.25) is 9.59 Å². The fourth-order valence-corrected chi connectivity index (χ4v) is 1.36. The first kappa shape index (κ1) is 18.1. The fraction of sp³-hybridized carbons (Fsp3) is 0.643. The van der Waals surface area contributed by atoms with Gasteiger partial charge >= 0.3 is 0 Å². The molecule has 0 aliphatic heterocycles. The van der Waals surface area contributed by atoms with Crippen molar-refractivity contribution in [1.29, 1.82) is 0 Å². The predicted octanol–water partition coefficient (Wildman–Crippen LogP) is 1.82. The maximum absolute atomic E-state index is 10.7. The number of amides is 2. The average Bonchev–Trinajstić information content (AvgIpc) is 2.77. The van der Waals surface area contributed by atoms with Gasteiger partial charge in [-0.1, -0.05) is 20.8 Å². The summed E-state index contributed by atoms with van der Waals surface area (Å²) in [5, 5.41) is 2.55. The third-order valence-electron chi connectivity index (χ3n) is 2.22. The summed E-state index contributed by atoms with van der Waals surface area (Å²) < 4.78 is 4.86. The van der Waals surface area contributed by atoms with E-state index in [1.54, 1.807) is 11.8 Å². The van der Waals surface area contributed by atoms with Crippen LogP contribution in [0.4, 0.5) is 0 Å². The van der Waals surface area contributed by atoms with Crippen molar-refractivity contribution in [1.82, 2.24) is 15.2 Å². The van der Waals surface area contributed by atoms with Crippen molar-refractivity contribution in [3.05, 3.63) is 18.4 Å². The first-order chi connectivity index (χ1) is 9.11.